The van der Waals surface area contributed by atoms with E-state index in [2.05, 4.69) is 60.7 Å². The predicted octanol–water partition coefficient (Wildman–Crippen LogP) is -1.99. The van der Waals surface area contributed by atoms with Crippen LogP contribution in [-0.2, 0) is 26.2 Å². The van der Waals surface area contributed by atoms with Gasteiger partial charge in [-0.3, -0.25) is 6.08 Å². The number of fused-ring (bicyclic) bond motifs is 1. The Labute approximate surface area is 158 Å². The molecule has 1 nitrogen and oxygen atoms in total. The fourth-order valence-corrected chi connectivity index (χ4v) is 1.96. The maximum atomic E-state index is 8.46. The van der Waals surface area contributed by atoms with Crippen LogP contribution in [0.2, 0.25) is 0 Å². The van der Waals surface area contributed by atoms with Crippen molar-refractivity contribution in [2.45, 2.75) is 19.3 Å². The normalized spacial score (nSPS) is 11.4. The van der Waals surface area contributed by atoms with Gasteiger partial charge in [0, 0.05) is 6.61 Å². The van der Waals surface area contributed by atoms with E-state index in [9.17, 15) is 0 Å². The molecule has 0 radical (unpaired) electrons. The van der Waals surface area contributed by atoms with Crippen LogP contribution >= 0.6 is 0 Å². The third-order valence-electron chi connectivity index (χ3n) is 2.92. The minimum atomic E-state index is 0. The summed E-state index contributed by atoms with van der Waals surface area (Å²) in [5, 5.41) is 11.1. The van der Waals surface area contributed by atoms with Crippen LogP contribution in [0.4, 0.5) is 0 Å². The molecular weight excluding hydrogens is 382 g/mol. The maximum Gasteiger partial charge on any atom is 4.00 e. The van der Waals surface area contributed by atoms with Crippen molar-refractivity contribution in [3.8, 4) is 0 Å². The molecule has 1 aliphatic rings. The van der Waals surface area contributed by atoms with Gasteiger partial charge >= 0.3 is 26.2 Å². The number of rotatable bonds is 3. The molecule has 2 aromatic rings. The first kappa shape index (κ1) is 23.0. The van der Waals surface area contributed by atoms with Crippen molar-refractivity contribution in [3.63, 3.8) is 0 Å². The Morgan fingerprint density at radius 3 is 2.52 bits per heavy atom. The number of hydrogen-bond donors (Lipinski definition) is 1. The summed E-state index contributed by atoms with van der Waals surface area (Å²) < 4.78 is 0. The Morgan fingerprint density at radius 1 is 1.14 bits per heavy atom. The standard InChI is InChI=1S/C9H7.C8H11O.2ClH.Zr/c1-2-5-9-7-3-6-8(9)4-1;9-7-3-6-8-4-1-2-5-8;;;/h1-7H;1,4,9H,2-3,6-7H2;2*1H;/q2*-1;;;+4/p-2. The number of halogens is 2. The summed E-state index contributed by atoms with van der Waals surface area (Å²) in [5.41, 5.74) is 1.25. The first-order chi connectivity index (χ1) is 8.90. The molecule has 0 aromatic heterocycles. The van der Waals surface area contributed by atoms with E-state index in [1.54, 1.807) is 0 Å². The number of aliphatic hydroxyl groups excluding tert-OH is 1. The molecule has 1 N–H and O–H groups in total. The van der Waals surface area contributed by atoms with Crippen molar-refractivity contribution in [2.24, 2.45) is 0 Å². The second kappa shape index (κ2) is 13.4. The van der Waals surface area contributed by atoms with E-state index in [4.69, 9.17) is 5.11 Å². The van der Waals surface area contributed by atoms with E-state index in [0.717, 1.165) is 19.3 Å². The number of hydrogen-bond acceptors (Lipinski definition) is 1. The van der Waals surface area contributed by atoms with Gasteiger partial charge in [-0.15, -0.1) is 36.1 Å². The molecule has 0 fully saturated rings. The zero-order chi connectivity index (χ0) is 12.6. The van der Waals surface area contributed by atoms with Gasteiger partial charge in [0.25, 0.3) is 0 Å². The van der Waals surface area contributed by atoms with Gasteiger partial charge in [0.05, 0.1) is 0 Å². The molecule has 4 heteroatoms. The molecule has 0 heterocycles. The maximum absolute atomic E-state index is 8.46. The quantitative estimate of drug-likeness (QED) is 0.592. The molecule has 21 heavy (non-hydrogen) atoms. The third-order valence-corrected chi connectivity index (χ3v) is 2.92. The molecule has 110 valence electrons. The van der Waals surface area contributed by atoms with E-state index < -0.39 is 0 Å². The Hall–Kier alpha value is -0.267. The molecule has 0 bridgehead atoms. The van der Waals surface area contributed by atoms with Crippen molar-refractivity contribution in [1.29, 1.82) is 0 Å². The molecule has 0 atom stereocenters. The summed E-state index contributed by atoms with van der Waals surface area (Å²) >= 11 is 0. The largest absolute Gasteiger partial charge is 4.00 e. The van der Waals surface area contributed by atoms with Gasteiger partial charge in [-0.1, -0.05) is 12.5 Å². The molecule has 0 saturated carbocycles. The smallest absolute Gasteiger partial charge is 1.00 e. The van der Waals surface area contributed by atoms with Gasteiger partial charge in [-0.2, -0.15) is 23.6 Å². The van der Waals surface area contributed by atoms with Crippen LogP contribution in [0, 0.1) is 6.08 Å². The summed E-state index contributed by atoms with van der Waals surface area (Å²) in [6.45, 7) is 0.291. The minimum Gasteiger partial charge on any atom is -1.00 e. The number of aliphatic hydroxyl groups is 1. The number of allylic oxidation sites excluding steroid dienone is 4. The SMILES string of the molecule is OCCCC1=[C-]CC=C1.[Cl-].[Cl-].[Zr+4].c1ccc2[cH-]ccc2c1. The van der Waals surface area contributed by atoms with Crippen molar-refractivity contribution in [3.05, 3.63) is 66.3 Å². The molecule has 0 saturated heterocycles. The topological polar surface area (TPSA) is 20.2 Å². The van der Waals surface area contributed by atoms with Crippen LogP contribution in [0.3, 0.4) is 0 Å². The van der Waals surface area contributed by atoms with E-state index in [-0.39, 0.29) is 51.0 Å². The van der Waals surface area contributed by atoms with Crippen LogP contribution in [0.25, 0.3) is 10.8 Å². The fraction of sp³-hybridized carbons (Fsp3) is 0.235. The molecule has 2 aromatic carbocycles. The first-order valence-electron chi connectivity index (χ1n) is 6.37. The average molecular weight is 400 g/mol. The summed E-state index contributed by atoms with van der Waals surface area (Å²) in [7, 11) is 0. The van der Waals surface area contributed by atoms with Gasteiger partial charge in [0.2, 0.25) is 0 Å². The second-order valence-electron chi connectivity index (χ2n) is 4.29. The van der Waals surface area contributed by atoms with Crippen molar-refractivity contribution in [2.75, 3.05) is 6.61 Å². The summed E-state index contributed by atoms with van der Waals surface area (Å²) in [6, 6.07) is 14.7. The van der Waals surface area contributed by atoms with Crippen LogP contribution < -0.4 is 24.8 Å². The van der Waals surface area contributed by atoms with E-state index >= 15 is 0 Å². The van der Waals surface area contributed by atoms with E-state index in [0.29, 0.717) is 6.61 Å². The molecular formula is C17H18Cl2OZr. The third kappa shape index (κ3) is 8.07. The van der Waals surface area contributed by atoms with Crippen LogP contribution in [-0.4, -0.2) is 11.7 Å². The van der Waals surface area contributed by atoms with Crippen LogP contribution in [0.1, 0.15) is 19.3 Å². The summed E-state index contributed by atoms with van der Waals surface area (Å²) in [6.07, 6.45) is 10.2. The molecule has 0 spiro atoms. The van der Waals surface area contributed by atoms with Gasteiger partial charge < -0.3 is 29.9 Å². The Bertz CT molecular complexity index is 516. The summed E-state index contributed by atoms with van der Waals surface area (Å²) in [4.78, 5) is 0. The summed E-state index contributed by atoms with van der Waals surface area (Å²) in [5.74, 6) is 0. The molecule has 0 aliphatic heterocycles. The van der Waals surface area contributed by atoms with E-state index in [1.807, 2.05) is 0 Å². The van der Waals surface area contributed by atoms with Gasteiger partial charge in [0.15, 0.2) is 0 Å². The monoisotopic (exact) mass is 398 g/mol. The zero-order valence-electron chi connectivity index (χ0n) is 11.7. The zero-order valence-corrected chi connectivity index (χ0v) is 15.7. The van der Waals surface area contributed by atoms with Crippen molar-refractivity contribution < 1.29 is 56.1 Å². The van der Waals surface area contributed by atoms with Crippen molar-refractivity contribution >= 4 is 10.8 Å². The minimum absolute atomic E-state index is 0. The Kier molecular flexibility index (Phi) is 14.7. The molecule has 0 amide bonds. The van der Waals surface area contributed by atoms with Gasteiger partial charge in [0.1, 0.15) is 0 Å². The Balaban J connectivity index is 0. The molecule has 1 aliphatic carbocycles. The molecule has 3 rings (SSSR count). The van der Waals surface area contributed by atoms with Crippen LogP contribution in [0.5, 0.6) is 0 Å². The number of benzene rings is 1. The van der Waals surface area contributed by atoms with Gasteiger partial charge in [-0.25, -0.2) is 11.6 Å². The average Bonchev–Trinajstić information content (AvgIpc) is 3.08. The second-order valence-corrected chi connectivity index (χ2v) is 4.29. The fourth-order valence-electron chi connectivity index (χ4n) is 1.96. The first-order valence-corrected chi connectivity index (χ1v) is 6.37. The van der Waals surface area contributed by atoms with E-state index in [1.165, 1.54) is 16.3 Å². The Morgan fingerprint density at radius 2 is 1.90 bits per heavy atom. The molecule has 0 unspecified atom stereocenters. The van der Waals surface area contributed by atoms with Crippen molar-refractivity contribution in [1.82, 2.24) is 0 Å². The van der Waals surface area contributed by atoms with Crippen LogP contribution in [0.15, 0.2) is 60.2 Å². The predicted molar refractivity (Wildman–Crippen MR) is 76.4 cm³/mol. The van der Waals surface area contributed by atoms with Gasteiger partial charge in [-0.05, 0) is 6.42 Å².